The summed E-state index contributed by atoms with van der Waals surface area (Å²) < 4.78 is 3.39. The molecule has 29 heavy (non-hydrogen) atoms. The molecule has 150 valence electrons. The number of imidazole rings is 1. The van der Waals surface area contributed by atoms with Crippen molar-refractivity contribution in [3.63, 3.8) is 0 Å². The maximum atomic E-state index is 12.4. The number of nitrogens with zero attached hydrogens (tertiary/aromatic N) is 4. The van der Waals surface area contributed by atoms with Gasteiger partial charge in [-0.25, -0.2) is 9.78 Å². The predicted molar refractivity (Wildman–Crippen MR) is 107 cm³/mol. The summed E-state index contributed by atoms with van der Waals surface area (Å²) in [4.78, 5) is 52.6. The third-order valence-corrected chi connectivity index (χ3v) is 4.51. The first-order chi connectivity index (χ1) is 13.7. The van der Waals surface area contributed by atoms with Crippen LogP contribution in [0.25, 0.3) is 16.9 Å². The van der Waals surface area contributed by atoms with E-state index in [2.05, 4.69) is 10.3 Å². The number of nitrogens with one attached hydrogen (secondary N) is 1. The Morgan fingerprint density at radius 1 is 1.17 bits per heavy atom. The van der Waals surface area contributed by atoms with E-state index in [4.69, 9.17) is 17.3 Å². The molecule has 0 aliphatic carbocycles. The van der Waals surface area contributed by atoms with Gasteiger partial charge in [-0.15, -0.1) is 0 Å². The van der Waals surface area contributed by atoms with Crippen LogP contribution >= 0.6 is 11.6 Å². The van der Waals surface area contributed by atoms with E-state index < -0.39 is 23.1 Å². The van der Waals surface area contributed by atoms with Crippen molar-refractivity contribution in [2.45, 2.75) is 6.54 Å². The summed E-state index contributed by atoms with van der Waals surface area (Å²) in [6, 6.07) is 6.53. The number of aryl methyl sites for hydroxylation is 1. The number of carbonyl (C=O) groups is 2. The third kappa shape index (κ3) is 3.97. The van der Waals surface area contributed by atoms with Gasteiger partial charge in [0, 0.05) is 30.9 Å². The van der Waals surface area contributed by atoms with Gasteiger partial charge in [-0.1, -0.05) is 23.7 Å². The van der Waals surface area contributed by atoms with Crippen molar-refractivity contribution in [3.05, 3.63) is 68.1 Å². The Morgan fingerprint density at radius 3 is 2.48 bits per heavy atom. The summed E-state index contributed by atoms with van der Waals surface area (Å²) in [5, 5.41) is 2.69. The molecule has 2 heterocycles. The van der Waals surface area contributed by atoms with Gasteiger partial charge in [0.15, 0.2) is 11.2 Å². The van der Waals surface area contributed by atoms with E-state index in [9.17, 15) is 19.2 Å². The van der Waals surface area contributed by atoms with Gasteiger partial charge in [0.25, 0.3) is 11.5 Å². The maximum absolute atomic E-state index is 12.4. The second kappa shape index (κ2) is 7.76. The van der Waals surface area contributed by atoms with Crippen molar-refractivity contribution < 1.29 is 9.59 Å². The Hall–Kier alpha value is -3.66. The number of hydrogen-bond acceptors (Lipinski definition) is 6. The number of aromatic nitrogens is 4. The minimum absolute atomic E-state index is 0.0772. The minimum Gasteiger partial charge on any atom is -0.398 e. The standard InChI is InChI=1S/C18H17ClN6O4/c1-23-16-15(17(28)24(2)18(23)29)25(9-21-16)8-14(27)22-13(26)7-12(20)10-3-5-11(19)6-4-10/h3-7,9H,8,20H2,1-2H3,(H,22,26,27). The van der Waals surface area contributed by atoms with Gasteiger partial charge in [-0.2, -0.15) is 0 Å². The van der Waals surface area contributed by atoms with Gasteiger partial charge < -0.3 is 10.3 Å². The Balaban J connectivity index is 1.78. The molecule has 0 atom stereocenters. The molecular weight excluding hydrogens is 400 g/mol. The first-order valence-electron chi connectivity index (χ1n) is 8.37. The van der Waals surface area contributed by atoms with Gasteiger partial charge in [0.05, 0.1) is 6.33 Å². The van der Waals surface area contributed by atoms with Crippen LogP contribution in [0.5, 0.6) is 0 Å². The Bertz CT molecular complexity index is 1270. The maximum Gasteiger partial charge on any atom is 0.332 e. The molecule has 3 N–H and O–H groups in total. The highest BCUT2D eigenvalue weighted by Crippen LogP contribution is 2.13. The number of imide groups is 1. The van der Waals surface area contributed by atoms with Crippen LogP contribution in [0.2, 0.25) is 5.02 Å². The topological polar surface area (TPSA) is 134 Å². The molecule has 2 aromatic heterocycles. The summed E-state index contributed by atoms with van der Waals surface area (Å²) >= 11 is 5.81. The Labute approximate surface area is 168 Å². The zero-order valence-corrected chi connectivity index (χ0v) is 16.3. The number of halogens is 1. The molecule has 10 nitrogen and oxygen atoms in total. The molecule has 0 aliphatic heterocycles. The fourth-order valence-corrected chi connectivity index (χ4v) is 2.88. The molecule has 2 amide bonds. The number of carbonyl (C=O) groups excluding carboxylic acids is 2. The second-order valence-electron chi connectivity index (χ2n) is 6.27. The largest absolute Gasteiger partial charge is 0.398 e. The normalized spacial score (nSPS) is 11.6. The average Bonchev–Trinajstić information content (AvgIpc) is 3.08. The highest BCUT2D eigenvalue weighted by atomic mass is 35.5. The molecule has 3 aromatic rings. The Kier molecular flexibility index (Phi) is 5.37. The van der Waals surface area contributed by atoms with Crippen molar-refractivity contribution in [1.29, 1.82) is 0 Å². The van der Waals surface area contributed by atoms with E-state index in [1.807, 2.05) is 0 Å². The van der Waals surface area contributed by atoms with E-state index >= 15 is 0 Å². The zero-order valence-electron chi connectivity index (χ0n) is 15.5. The number of rotatable bonds is 4. The molecule has 0 spiro atoms. The molecule has 0 aliphatic rings. The van der Waals surface area contributed by atoms with Crippen LogP contribution in [-0.2, 0) is 30.2 Å². The number of amides is 2. The Morgan fingerprint density at radius 2 is 1.83 bits per heavy atom. The van der Waals surface area contributed by atoms with E-state index in [0.717, 1.165) is 10.6 Å². The van der Waals surface area contributed by atoms with E-state index in [-0.39, 0.29) is 23.4 Å². The lowest BCUT2D eigenvalue weighted by molar-refractivity contribution is -0.128. The van der Waals surface area contributed by atoms with E-state index in [0.29, 0.717) is 10.6 Å². The molecule has 0 unspecified atom stereocenters. The van der Waals surface area contributed by atoms with Crippen LogP contribution in [0.4, 0.5) is 0 Å². The fraction of sp³-hybridized carbons (Fsp3) is 0.167. The molecule has 0 bridgehead atoms. The lowest BCUT2D eigenvalue weighted by Crippen LogP contribution is -2.38. The second-order valence-corrected chi connectivity index (χ2v) is 6.71. The highest BCUT2D eigenvalue weighted by molar-refractivity contribution is 6.30. The van der Waals surface area contributed by atoms with Gasteiger partial charge in [0.2, 0.25) is 5.91 Å². The van der Waals surface area contributed by atoms with Gasteiger partial charge in [0.1, 0.15) is 6.54 Å². The van der Waals surface area contributed by atoms with E-state index in [1.54, 1.807) is 24.3 Å². The van der Waals surface area contributed by atoms with Crippen LogP contribution in [0.3, 0.4) is 0 Å². The van der Waals surface area contributed by atoms with Crippen LogP contribution in [0.1, 0.15) is 5.56 Å². The molecule has 1 aromatic carbocycles. The van der Waals surface area contributed by atoms with Crippen molar-refractivity contribution in [2.24, 2.45) is 19.8 Å². The molecule has 0 fully saturated rings. The van der Waals surface area contributed by atoms with Crippen LogP contribution in [-0.4, -0.2) is 30.5 Å². The third-order valence-electron chi connectivity index (χ3n) is 4.26. The molecular formula is C18H17ClN6O4. The lowest BCUT2D eigenvalue weighted by Gasteiger charge is -2.07. The summed E-state index contributed by atoms with van der Waals surface area (Å²) in [5.74, 6) is -1.39. The molecule has 0 saturated heterocycles. The summed E-state index contributed by atoms with van der Waals surface area (Å²) in [5.41, 5.74) is 5.68. The quantitative estimate of drug-likeness (QED) is 0.562. The number of hydrogen-bond donors (Lipinski definition) is 2. The minimum atomic E-state index is -0.716. The van der Waals surface area contributed by atoms with Crippen molar-refractivity contribution >= 4 is 40.3 Å². The lowest BCUT2D eigenvalue weighted by atomic mass is 10.1. The number of nitrogens with two attached hydrogens (primary N) is 1. The molecule has 3 rings (SSSR count). The van der Waals surface area contributed by atoms with Crippen molar-refractivity contribution in [1.82, 2.24) is 24.0 Å². The monoisotopic (exact) mass is 416 g/mol. The number of benzene rings is 1. The molecule has 0 radical (unpaired) electrons. The van der Waals surface area contributed by atoms with Gasteiger partial charge in [-0.3, -0.25) is 28.8 Å². The van der Waals surface area contributed by atoms with E-state index in [1.165, 1.54) is 29.6 Å². The first kappa shape index (κ1) is 20.1. The fourth-order valence-electron chi connectivity index (χ4n) is 2.75. The van der Waals surface area contributed by atoms with Crippen LogP contribution in [0, 0.1) is 0 Å². The van der Waals surface area contributed by atoms with Crippen molar-refractivity contribution in [3.8, 4) is 0 Å². The SMILES string of the molecule is Cn1c(=O)c2c(ncn2CC(=O)NC(=O)C=C(N)c2ccc(Cl)cc2)n(C)c1=O. The number of fused-ring (bicyclic) bond motifs is 1. The van der Waals surface area contributed by atoms with Gasteiger partial charge >= 0.3 is 5.69 Å². The molecule has 0 saturated carbocycles. The summed E-state index contributed by atoms with van der Waals surface area (Å²) in [7, 11) is 2.80. The average molecular weight is 417 g/mol. The summed E-state index contributed by atoms with van der Waals surface area (Å²) in [6.45, 7) is -0.343. The predicted octanol–water partition coefficient (Wildman–Crippen LogP) is -0.270. The van der Waals surface area contributed by atoms with Gasteiger partial charge in [-0.05, 0) is 17.7 Å². The first-order valence-corrected chi connectivity index (χ1v) is 8.74. The zero-order chi connectivity index (χ0) is 21.3. The highest BCUT2D eigenvalue weighted by Gasteiger charge is 2.16. The van der Waals surface area contributed by atoms with Crippen LogP contribution in [0.15, 0.2) is 46.3 Å². The smallest absolute Gasteiger partial charge is 0.332 e. The van der Waals surface area contributed by atoms with Crippen molar-refractivity contribution in [2.75, 3.05) is 0 Å². The summed E-state index contributed by atoms with van der Waals surface area (Å²) in [6.07, 6.45) is 2.34. The van der Waals surface area contributed by atoms with Crippen LogP contribution < -0.4 is 22.3 Å². The molecule has 11 heteroatoms.